The molecule has 0 aliphatic heterocycles. The molecule has 242 valence electrons. The lowest BCUT2D eigenvalue weighted by Crippen LogP contribution is -2.11. The number of rotatable bonds is 23. The minimum atomic E-state index is 0.797. The highest BCUT2D eigenvalue weighted by molar-refractivity contribution is 7.28. The lowest BCUT2D eigenvalue weighted by molar-refractivity contribution is 0.399. The second-order valence-electron chi connectivity index (χ2n) is 13.0. The maximum atomic E-state index is 2.44. The van der Waals surface area contributed by atoms with Gasteiger partial charge in [-0.25, -0.2) is 0 Å². The molecule has 0 nitrogen and oxygen atoms in total. The largest absolute Gasteiger partial charge is 0.143 e. The van der Waals surface area contributed by atoms with Crippen LogP contribution in [0.4, 0.5) is 0 Å². The third kappa shape index (κ3) is 10.7. The first-order valence-electron chi connectivity index (χ1n) is 18.0. The maximum absolute atomic E-state index is 2.44. The molecule has 0 spiro atoms. The number of unbranched alkanes of at least 4 members (excludes halogenated alkanes) is 8. The molecule has 4 heteroatoms. The van der Waals surface area contributed by atoms with Gasteiger partial charge in [0.15, 0.2) is 0 Å². The van der Waals surface area contributed by atoms with Crippen LogP contribution in [0.3, 0.4) is 0 Å². The van der Waals surface area contributed by atoms with Gasteiger partial charge in [-0.15, -0.1) is 45.3 Å². The Balaban J connectivity index is 1.76. The normalized spacial score (nSPS) is 13.1. The van der Waals surface area contributed by atoms with Gasteiger partial charge in [0.1, 0.15) is 0 Å². The zero-order chi connectivity index (χ0) is 31.0. The molecule has 4 aromatic heterocycles. The Hall–Kier alpha value is -1.20. The molecule has 0 aromatic carbocycles. The molecule has 0 fully saturated rings. The van der Waals surface area contributed by atoms with Crippen molar-refractivity contribution in [3.05, 3.63) is 58.3 Å². The van der Waals surface area contributed by atoms with Crippen LogP contribution in [-0.2, 0) is 12.8 Å². The van der Waals surface area contributed by atoms with E-state index in [1.54, 1.807) is 20.9 Å². The Kier molecular flexibility index (Phi) is 16.3. The number of thiophene rings is 4. The van der Waals surface area contributed by atoms with Gasteiger partial charge < -0.3 is 0 Å². The van der Waals surface area contributed by atoms with E-state index in [9.17, 15) is 0 Å². The van der Waals surface area contributed by atoms with Crippen molar-refractivity contribution in [2.45, 2.75) is 143 Å². The third-order valence-corrected chi connectivity index (χ3v) is 14.0. The average molecular weight is 667 g/mol. The van der Waals surface area contributed by atoms with Crippen LogP contribution >= 0.6 is 45.3 Å². The van der Waals surface area contributed by atoms with E-state index >= 15 is 0 Å². The van der Waals surface area contributed by atoms with E-state index in [1.165, 1.54) is 135 Å². The standard InChI is InChI=1S/C40H58S4/c1-5-9-13-15-21-31(19-11-7-3)29-33-34(30-32(20-12-8-4)22-16-14-10-6-2)40(44-39(33)37-24-18-28-42-37)38-26-25-36(43-38)35-23-17-27-41-35/h17-18,23-28,31-32H,5-16,19-22,29-30H2,1-4H3. The molecule has 4 rings (SSSR count). The Labute approximate surface area is 286 Å². The van der Waals surface area contributed by atoms with E-state index in [0.717, 1.165) is 11.8 Å². The van der Waals surface area contributed by atoms with E-state index in [0.29, 0.717) is 0 Å². The van der Waals surface area contributed by atoms with Crippen LogP contribution in [0.5, 0.6) is 0 Å². The monoisotopic (exact) mass is 666 g/mol. The number of hydrogen-bond donors (Lipinski definition) is 0. The summed E-state index contributed by atoms with van der Waals surface area (Å²) in [5.41, 5.74) is 3.45. The molecule has 4 aromatic rings. The minimum Gasteiger partial charge on any atom is -0.143 e. The summed E-state index contributed by atoms with van der Waals surface area (Å²) in [5.74, 6) is 1.60. The summed E-state index contributed by atoms with van der Waals surface area (Å²) in [6.07, 6.45) is 24.4. The molecule has 0 aliphatic carbocycles. The van der Waals surface area contributed by atoms with E-state index in [2.05, 4.69) is 86.2 Å². The van der Waals surface area contributed by atoms with Crippen LogP contribution < -0.4 is 0 Å². The van der Waals surface area contributed by atoms with Gasteiger partial charge in [0.2, 0.25) is 0 Å². The number of hydrogen-bond acceptors (Lipinski definition) is 4. The van der Waals surface area contributed by atoms with Crippen LogP contribution in [-0.4, -0.2) is 0 Å². The van der Waals surface area contributed by atoms with Crippen molar-refractivity contribution in [3.63, 3.8) is 0 Å². The van der Waals surface area contributed by atoms with Crippen LogP contribution in [0.25, 0.3) is 29.3 Å². The lowest BCUT2D eigenvalue weighted by Gasteiger charge is -2.22. The molecule has 4 heterocycles. The molecule has 0 saturated heterocycles. The second kappa shape index (κ2) is 20.1. The maximum Gasteiger partial charge on any atom is 0.0484 e. The first-order chi connectivity index (χ1) is 21.7. The molecular formula is C40H58S4. The van der Waals surface area contributed by atoms with E-state index < -0.39 is 0 Å². The zero-order valence-corrected chi connectivity index (χ0v) is 31.4. The van der Waals surface area contributed by atoms with E-state index in [-0.39, 0.29) is 0 Å². The lowest BCUT2D eigenvalue weighted by atomic mass is 9.83. The molecule has 0 bridgehead atoms. The topological polar surface area (TPSA) is 0 Å². The molecule has 0 radical (unpaired) electrons. The van der Waals surface area contributed by atoms with E-state index in [4.69, 9.17) is 0 Å². The smallest absolute Gasteiger partial charge is 0.0484 e. The Morgan fingerprint density at radius 2 is 0.932 bits per heavy atom. The summed E-state index contributed by atoms with van der Waals surface area (Å²) in [5, 5.41) is 4.50. The Bertz CT molecular complexity index is 1270. The van der Waals surface area contributed by atoms with Crippen LogP contribution in [0.15, 0.2) is 47.2 Å². The summed E-state index contributed by atoms with van der Waals surface area (Å²) in [6.45, 7) is 9.43. The van der Waals surface area contributed by atoms with Crippen LogP contribution in [0.2, 0.25) is 0 Å². The molecule has 0 aliphatic rings. The SMILES string of the molecule is CCCCCCC(CCCC)Cc1c(-c2cccs2)sc(-c2ccc(-c3cccs3)s2)c1CC(CCCC)CCCCCC. The van der Waals surface area contributed by atoms with Gasteiger partial charge >= 0.3 is 0 Å². The van der Waals surface area contributed by atoms with Gasteiger partial charge in [0, 0.05) is 29.3 Å². The first kappa shape index (κ1) is 35.7. The molecule has 2 unspecified atom stereocenters. The second-order valence-corrected chi connectivity index (χ2v) is 17.0. The van der Waals surface area contributed by atoms with Crippen LogP contribution in [0.1, 0.15) is 142 Å². The van der Waals surface area contributed by atoms with Crippen molar-refractivity contribution in [2.24, 2.45) is 11.8 Å². The highest BCUT2D eigenvalue weighted by atomic mass is 32.1. The fourth-order valence-corrected chi connectivity index (χ4v) is 10.9. The summed E-state index contributed by atoms with van der Waals surface area (Å²) in [6, 6.07) is 14.0. The van der Waals surface area contributed by atoms with Gasteiger partial charge in [-0.3, -0.25) is 0 Å². The van der Waals surface area contributed by atoms with Crippen molar-refractivity contribution < 1.29 is 0 Å². The average Bonchev–Trinajstić information content (AvgIpc) is 3.86. The molecule has 0 amide bonds. The zero-order valence-electron chi connectivity index (χ0n) is 28.1. The van der Waals surface area contributed by atoms with Crippen molar-refractivity contribution in [1.29, 1.82) is 0 Å². The van der Waals surface area contributed by atoms with Gasteiger partial charge in [-0.05, 0) is 70.8 Å². The summed E-state index contributed by atoms with van der Waals surface area (Å²) in [7, 11) is 0. The van der Waals surface area contributed by atoms with Gasteiger partial charge in [0.25, 0.3) is 0 Å². The van der Waals surface area contributed by atoms with Gasteiger partial charge in [-0.1, -0.05) is 143 Å². The fraction of sp³-hybridized carbons (Fsp3) is 0.600. The van der Waals surface area contributed by atoms with Crippen LogP contribution in [0, 0.1) is 11.8 Å². The molecule has 2 atom stereocenters. The minimum absolute atomic E-state index is 0.797. The quantitative estimate of drug-likeness (QED) is 0.0691. The summed E-state index contributed by atoms with van der Waals surface area (Å²) < 4.78 is 0. The Morgan fingerprint density at radius 3 is 1.43 bits per heavy atom. The van der Waals surface area contributed by atoms with Gasteiger partial charge in [-0.2, -0.15) is 0 Å². The van der Waals surface area contributed by atoms with Crippen molar-refractivity contribution in [3.8, 4) is 29.3 Å². The molecular weight excluding hydrogens is 609 g/mol. The van der Waals surface area contributed by atoms with Crippen molar-refractivity contribution >= 4 is 45.3 Å². The van der Waals surface area contributed by atoms with Crippen molar-refractivity contribution in [1.82, 2.24) is 0 Å². The molecule has 44 heavy (non-hydrogen) atoms. The highest BCUT2D eigenvalue weighted by Crippen LogP contribution is 2.49. The predicted molar refractivity (Wildman–Crippen MR) is 205 cm³/mol. The molecule has 0 saturated carbocycles. The first-order valence-corrected chi connectivity index (χ1v) is 21.4. The van der Waals surface area contributed by atoms with Crippen molar-refractivity contribution in [2.75, 3.05) is 0 Å². The molecule has 0 N–H and O–H groups in total. The fourth-order valence-electron chi connectivity index (χ4n) is 6.73. The summed E-state index contributed by atoms with van der Waals surface area (Å²) >= 11 is 7.97. The Morgan fingerprint density at radius 1 is 0.455 bits per heavy atom. The van der Waals surface area contributed by atoms with E-state index in [1.807, 2.05) is 34.0 Å². The highest BCUT2D eigenvalue weighted by Gasteiger charge is 2.26. The third-order valence-electron chi connectivity index (χ3n) is 9.30. The summed E-state index contributed by atoms with van der Waals surface area (Å²) in [4.78, 5) is 8.98. The predicted octanol–water partition coefficient (Wildman–Crippen LogP) is 15.6. The van der Waals surface area contributed by atoms with Gasteiger partial charge in [0.05, 0.1) is 0 Å².